The Bertz CT molecular complexity index is 637. The van der Waals surface area contributed by atoms with Gasteiger partial charge in [0.2, 0.25) is 10.0 Å². The van der Waals surface area contributed by atoms with Crippen molar-refractivity contribution in [2.45, 2.75) is 25.2 Å². The lowest BCUT2D eigenvalue weighted by Crippen LogP contribution is -2.48. The molecular weight excluding hydrogens is 316 g/mol. The summed E-state index contributed by atoms with van der Waals surface area (Å²) in [5, 5.41) is 0. The van der Waals surface area contributed by atoms with Gasteiger partial charge in [-0.1, -0.05) is 13.8 Å². The van der Waals surface area contributed by atoms with Gasteiger partial charge in [-0.3, -0.25) is 4.79 Å². The number of rotatable bonds is 7. The molecule has 1 aliphatic heterocycles. The molecular formula is C16H24N2O4S. The normalized spacial score (nSPS) is 17.1. The molecule has 0 amide bonds. The summed E-state index contributed by atoms with van der Waals surface area (Å²) in [6.07, 6.45) is 1.46. The molecule has 0 N–H and O–H groups in total. The van der Waals surface area contributed by atoms with Crippen molar-refractivity contribution in [3.8, 4) is 5.75 Å². The summed E-state index contributed by atoms with van der Waals surface area (Å²) < 4.78 is 32.4. The monoisotopic (exact) mass is 340 g/mol. The Kier molecular flexibility index (Phi) is 6.15. The maximum absolute atomic E-state index is 12.7. The van der Waals surface area contributed by atoms with Crippen LogP contribution in [0.5, 0.6) is 5.75 Å². The van der Waals surface area contributed by atoms with E-state index in [9.17, 15) is 13.2 Å². The van der Waals surface area contributed by atoms with Gasteiger partial charge in [0, 0.05) is 26.2 Å². The summed E-state index contributed by atoms with van der Waals surface area (Å²) in [5.41, 5.74) is 0.270. The van der Waals surface area contributed by atoms with Crippen LogP contribution in [0.25, 0.3) is 0 Å². The zero-order chi connectivity index (χ0) is 16.9. The van der Waals surface area contributed by atoms with Crippen LogP contribution < -0.4 is 4.74 Å². The van der Waals surface area contributed by atoms with Gasteiger partial charge in [-0.25, -0.2) is 8.42 Å². The predicted molar refractivity (Wildman–Crippen MR) is 88.5 cm³/mol. The van der Waals surface area contributed by atoms with Crippen LogP contribution in [0.3, 0.4) is 0 Å². The number of carbonyl (C=O) groups is 1. The molecule has 0 unspecified atom stereocenters. The average Bonchev–Trinajstić information content (AvgIpc) is 2.59. The van der Waals surface area contributed by atoms with Crippen molar-refractivity contribution in [3.63, 3.8) is 0 Å². The first kappa shape index (κ1) is 17.9. The third kappa shape index (κ3) is 4.10. The second-order valence-corrected chi connectivity index (χ2v) is 7.44. The maximum Gasteiger partial charge on any atom is 0.243 e. The molecule has 1 aromatic rings. The molecule has 0 aromatic heterocycles. The SMILES string of the molecule is CCCOc1ccc(S(=O)(=O)N2CCN(CC)CC2)cc1C=O. The number of likely N-dealkylation sites (N-methyl/N-ethyl adjacent to an activating group) is 1. The number of hydrogen-bond acceptors (Lipinski definition) is 5. The van der Waals surface area contributed by atoms with Gasteiger partial charge in [-0.2, -0.15) is 4.31 Å². The van der Waals surface area contributed by atoms with Crippen molar-refractivity contribution < 1.29 is 17.9 Å². The molecule has 0 bridgehead atoms. The van der Waals surface area contributed by atoms with Crippen molar-refractivity contribution in [2.75, 3.05) is 39.3 Å². The lowest BCUT2D eigenvalue weighted by Gasteiger charge is -2.33. The zero-order valence-electron chi connectivity index (χ0n) is 13.7. The fourth-order valence-corrected chi connectivity index (χ4v) is 4.02. The van der Waals surface area contributed by atoms with E-state index >= 15 is 0 Å². The van der Waals surface area contributed by atoms with Gasteiger partial charge in [-0.15, -0.1) is 0 Å². The number of ether oxygens (including phenoxy) is 1. The Labute approximate surface area is 138 Å². The molecule has 0 aliphatic carbocycles. The number of benzene rings is 1. The summed E-state index contributed by atoms with van der Waals surface area (Å²) in [5.74, 6) is 0.427. The minimum absolute atomic E-state index is 0.147. The van der Waals surface area contributed by atoms with Gasteiger partial charge in [-0.05, 0) is 31.2 Å². The number of aldehydes is 1. The Morgan fingerprint density at radius 2 is 1.87 bits per heavy atom. The second-order valence-electron chi connectivity index (χ2n) is 5.50. The third-order valence-corrected chi connectivity index (χ3v) is 5.88. The van der Waals surface area contributed by atoms with E-state index in [2.05, 4.69) is 11.8 Å². The highest BCUT2D eigenvalue weighted by Crippen LogP contribution is 2.24. The zero-order valence-corrected chi connectivity index (χ0v) is 14.5. The van der Waals surface area contributed by atoms with Crippen LogP contribution in [0, 0.1) is 0 Å². The highest BCUT2D eigenvalue weighted by molar-refractivity contribution is 7.89. The lowest BCUT2D eigenvalue weighted by molar-refractivity contribution is 0.111. The largest absolute Gasteiger partial charge is 0.493 e. The standard InChI is InChI=1S/C16H24N2O4S/c1-3-11-22-16-6-5-15(12-14(16)13-19)23(20,21)18-9-7-17(4-2)8-10-18/h5-6,12-13H,3-4,7-11H2,1-2H3. The molecule has 1 saturated heterocycles. The second kappa shape index (κ2) is 7.90. The molecule has 6 nitrogen and oxygen atoms in total. The van der Waals surface area contributed by atoms with Crippen LogP contribution in [0.1, 0.15) is 30.6 Å². The topological polar surface area (TPSA) is 66.9 Å². The quantitative estimate of drug-likeness (QED) is 0.706. The first-order valence-corrected chi connectivity index (χ1v) is 9.41. The highest BCUT2D eigenvalue weighted by Gasteiger charge is 2.28. The Balaban J connectivity index is 2.21. The van der Waals surface area contributed by atoms with Crippen LogP contribution in [0.15, 0.2) is 23.1 Å². The maximum atomic E-state index is 12.7. The summed E-state index contributed by atoms with van der Waals surface area (Å²) in [4.78, 5) is 13.6. The van der Waals surface area contributed by atoms with Gasteiger partial charge >= 0.3 is 0 Å². The van der Waals surface area contributed by atoms with E-state index in [1.54, 1.807) is 6.07 Å². The number of carbonyl (C=O) groups excluding carboxylic acids is 1. The van der Waals surface area contributed by atoms with Crippen molar-refractivity contribution in [1.82, 2.24) is 9.21 Å². The molecule has 0 radical (unpaired) electrons. The lowest BCUT2D eigenvalue weighted by atomic mass is 10.2. The summed E-state index contributed by atoms with van der Waals surface area (Å²) in [6, 6.07) is 4.48. The number of nitrogens with zero attached hydrogens (tertiary/aromatic N) is 2. The van der Waals surface area contributed by atoms with E-state index < -0.39 is 10.0 Å². The van der Waals surface area contributed by atoms with Crippen molar-refractivity contribution >= 4 is 16.3 Å². The molecule has 0 spiro atoms. The molecule has 2 rings (SSSR count). The fourth-order valence-electron chi connectivity index (χ4n) is 2.56. The van der Waals surface area contributed by atoms with Crippen molar-refractivity contribution in [1.29, 1.82) is 0 Å². The molecule has 1 aromatic carbocycles. The van der Waals surface area contributed by atoms with E-state index in [1.165, 1.54) is 16.4 Å². The molecule has 1 aliphatic rings. The highest BCUT2D eigenvalue weighted by atomic mass is 32.2. The van der Waals surface area contributed by atoms with Crippen molar-refractivity contribution in [2.24, 2.45) is 0 Å². The van der Waals surface area contributed by atoms with Crippen LogP contribution in [0.4, 0.5) is 0 Å². The van der Waals surface area contributed by atoms with Crippen LogP contribution in [-0.4, -0.2) is 63.2 Å². The summed E-state index contributed by atoms with van der Waals surface area (Å²) >= 11 is 0. The molecule has 1 heterocycles. The predicted octanol–water partition coefficient (Wildman–Crippen LogP) is 1.61. The number of piperazine rings is 1. The third-order valence-electron chi connectivity index (χ3n) is 3.99. The Morgan fingerprint density at radius 1 is 1.17 bits per heavy atom. The van der Waals surface area contributed by atoms with E-state index in [0.717, 1.165) is 26.1 Å². The van der Waals surface area contributed by atoms with Gasteiger partial charge in [0.1, 0.15) is 5.75 Å². The summed E-state index contributed by atoms with van der Waals surface area (Å²) in [6.45, 7) is 7.85. The Hall–Kier alpha value is -1.44. The van der Waals surface area contributed by atoms with Gasteiger partial charge in [0.15, 0.2) is 6.29 Å². The molecule has 128 valence electrons. The van der Waals surface area contributed by atoms with Crippen LogP contribution in [0.2, 0.25) is 0 Å². The molecule has 1 fully saturated rings. The van der Waals surface area contributed by atoms with E-state index in [-0.39, 0.29) is 10.5 Å². The van der Waals surface area contributed by atoms with Crippen LogP contribution in [-0.2, 0) is 10.0 Å². The van der Waals surface area contributed by atoms with Crippen LogP contribution >= 0.6 is 0 Å². The number of sulfonamides is 1. The smallest absolute Gasteiger partial charge is 0.243 e. The van der Waals surface area contributed by atoms with Gasteiger partial charge < -0.3 is 9.64 Å². The molecule has 7 heteroatoms. The van der Waals surface area contributed by atoms with E-state index in [0.29, 0.717) is 31.7 Å². The molecule has 0 atom stereocenters. The fraction of sp³-hybridized carbons (Fsp3) is 0.562. The van der Waals surface area contributed by atoms with E-state index in [1.807, 2.05) is 6.92 Å². The Morgan fingerprint density at radius 3 is 2.43 bits per heavy atom. The minimum atomic E-state index is -3.57. The van der Waals surface area contributed by atoms with Crippen molar-refractivity contribution in [3.05, 3.63) is 23.8 Å². The average molecular weight is 340 g/mol. The first-order chi connectivity index (χ1) is 11.0. The number of hydrogen-bond donors (Lipinski definition) is 0. The van der Waals surface area contributed by atoms with Gasteiger partial charge in [0.25, 0.3) is 0 Å². The minimum Gasteiger partial charge on any atom is -0.493 e. The molecule has 0 saturated carbocycles. The van der Waals surface area contributed by atoms with Gasteiger partial charge in [0.05, 0.1) is 17.1 Å². The van der Waals surface area contributed by atoms with E-state index in [4.69, 9.17) is 4.74 Å². The first-order valence-electron chi connectivity index (χ1n) is 7.97. The summed E-state index contributed by atoms with van der Waals surface area (Å²) in [7, 11) is -3.57. The molecule has 23 heavy (non-hydrogen) atoms.